The highest BCUT2D eigenvalue weighted by Gasteiger charge is 2.13. The summed E-state index contributed by atoms with van der Waals surface area (Å²) in [6, 6.07) is -0.475. The highest BCUT2D eigenvalue weighted by molar-refractivity contribution is 7.99. The molecule has 0 aliphatic rings. The highest BCUT2D eigenvalue weighted by atomic mass is 32.2. The molecule has 0 aliphatic heterocycles. The predicted molar refractivity (Wildman–Crippen MR) is 102 cm³/mol. The molecule has 3 N–H and O–H groups in total. The van der Waals surface area contributed by atoms with Crippen molar-refractivity contribution in [2.24, 2.45) is 0 Å². The van der Waals surface area contributed by atoms with E-state index in [-0.39, 0.29) is 23.3 Å². The highest BCUT2D eigenvalue weighted by Crippen LogP contribution is 2.26. The first-order chi connectivity index (χ1) is 11.8. The summed E-state index contributed by atoms with van der Waals surface area (Å²) in [5.41, 5.74) is 0.805. The van der Waals surface area contributed by atoms with E-state index >= 15 is 0 Å². The van der Waals surface area contributed by atoms with Crippen LogP contribution in [0.5, 0.6) is 0 Å². The molecule has 0 unspecified atom stereocenters. The second-order valence-corrected chi connectivity index (χ2v) is 7.99. The molecule has 9 heteroatoms. The number of thiophene rings is 1. The molecule has 1 atom stereocenters. The number of aryl methyl sites for hydroxylation is 2. The Balaban J connectivity index is 1.89. The average Bonchev–Trinajstić information content (AvgIpc) is 2.81. The number of nitrogens with one attached hydrogen (secondary N) is 3. The maximum absolute atomic E-state index is 12.2. The SMILES string of the molecule is CC[C@@H](C)NC(=O)NC(=O)CSCc1nc2sc(C)c(C)c2c(=O)[nH]1. The van der Waals surface area contributed by atoms with E-state index in [1.807, 2.05) is 27.7 Å². The van der Waals surface area contributed by atoms with E-state index in [1.54, 1.807) is 0 Å². The van der Waals surface area contributed by atoms with Crippen LogP contribution in [0.3, 0.4) is 0 Å². The third-order valence-corrected chi connectivity index (χ3v) is 5.85. The Labute approximate surface area is 154 Å². The number of imide groups is 1. The topological polar surface area (TPSA) is 104 Å². The second kappa shape index (κ2) is 8.48. The van der Waals surface area contributed by atoms with E-state index in [9.17, 15) is 14.4 Å². The lowest BCUT2D eigenvalue weighted by Crippen LogP contribution is -2.43. The van der Waals surface area contributed by atoms with Crippen LogP contribution in [-0.4, -0.2) is 33.7 Å². The number of thioether (sulfide) groups is 1. The average molecular weight is 383 g/mol. The van der Waals surface area contributed by atoms with Gasteiger partial charge in [-0.1, -0.05) is 6.92 Å². The van der Waals surface area contributed by atoms with Crippen molar-refractivity contribution >= 4 is 45.3 Å². The molecular formula is C16H22N4O3S2. The first-order valence-corrected chi connectivity index (χ1v) is 9.95. The minimum absolute atomic E-state index is 0.0131. The van der Waals surface area contributed by atoms with Crippen LogP contribution in [0.25, 0.3) is 10.2 Å². The summed E-state index contributed by atoms with van der Waals surface area (Å²) in [6.07, 6.45) is 0.791. The fraction of sp³-hybridized carbons (Fsp3) is 0.500. The van der Waals surface area contributed by atoms with Crippen molar-refractivity contribution in [3.05, 3.63) is 26.6 Å². The fourth-order valence-corrected chi connectivity index (χ4v) is 3.87. The van der Waals surface area contributed by atoms with Gasteiger partial charge in [-0.05, 0) is 32.8 Å². The quantitative estimate of drug-likeness (QED) is 0.712. The Hall–Kier alpha value is -1.87. The minimum atomic E-state index is -0.488. The summed E-state index contributed by atoms with van der Waals surface area (Å²) < 4.78 is 0. The second-order valence-electron chi connectivity index (χ2n) is 5.80. The van der Waals surface area contributed by atoms with Gasteiger partial charge in [-0.3, -0.25) is 14.9 Å². The zero-order valence-electron chi connectivity index (χ0n) is 14.7. The van der Waals surface area contributed by atoms with Gasteiger partial charge in [0.2, 0.25) is 5.91 Å². The lowest BCUT2D eigenvalue weighted by molar-refractivity contribution is -0.117. The molecule has 2 heterocycles. The number of H-pyrrole nitrogens is 1. The summed E-state index contributed by atoms with van der Waals surface area (Å²) in [7, 11) is 0. The van der Waals surface area contributed by atoms with Crippen LogP contribution in [0.4, 0.5) is 4.79 Å². The molecule has 0 spiro atoms. The van der Waals surface area contributed by atoms with Crippen LogP contribution in [0.2, 0.25) is 0 Å². The third-order valence-electron chi connectivity index (χ3n) is 3.80. The molecule has 2 rings (SSSR count). The fourth-order valence-electron chi connectivity index (χ4n) is 2.13. The number of aromatic nitrogens is 2. The van der Waals surface area contributed by atoms with E-state index < -0.39 is 6.03 Å². The maximum Gasteiger partial charge on any atom is 0.321 e. The normalized spacial score (nSPS) is 12.2. The Morgan fingerprint density at radius 2 is 2.08 bits per heavy atom. The van der Waals surface area contributed by atoms with Crippen LogP contribution >= 0.6 is 23.1 Å². The number of carbonyl (C=O) groups is 2. The van der Waals surface area contributed by atoms with Crippen molar-refractivity contribution in [3.63, 3.8) is 0 Å². The zero-order valence-corrected chi connectivity index (χ0v) is 16.3. The van der Waals surface area contributed by atoms with E-state index in [0.29, 0.717) is 21.8 Å². The van der Waals surface area contributed by atoms with Crippen LogP contribution in [0.1, 0.15) is 36.5 Å². The Morgan fingerprint density at radius 3 is 2.76 bits per heavy atom. The van der Waals surface area contributed by atoms with Crippen LogP contribution in [-0.2, 0) is 10.5 Å². The molecular weight excluding hydrogens is 360 g/mol. The molecule has 0 bridgehead atoms. The van der Waals surface area contributed by atoms with Crippen molar-refractivity contribution in [1.29, 1.82) is 0 Å². The van der Waals surface area contributed by atoms with Crippen molar-refractivity contribution in [2.75, 3.05) is 5.75 Å². The van der Waals surface area contributed by atoms with Crippen molar-refractivity contribution in [1.82, 2.24) is 20.6 Å². The number of amides is 3. The summed E-state index contributed by atoms with van der Waals surface area (Å²) in [4.78, 5) is 44.5. The van der Waals surface area contributed by atoms with Crippen molar-refractivity contribution < 1.29 is 9.59 Å². The number of rotatable bonds is 6. The lowest BCUT2D eigenvalue weighted by Gasteiger charge is -2.11. The molecule has 25 heavy (non-hydrogen) atoms. The summed E-state index contributed by atoms with van der Waals surface area (Å²) in [6.45, 7) is 7.69. The first kappa shape index (κ1) is 19.5. The van der Waals surface area contributed by atoms with E-state index in [1.165, 1.54) is 23.1 Å². The molecule has 0 saturated carbocycles. The van der Waals surface area contributed by atoms with Gasteiger partial charge in [-0.25, -0.2) is 9.78 Å². The summed E-state index contributed by atoms with van der Waals surface area (Å²) in [5, 5.41) is 5.58. The number of fused-ring (bicyclic) bond motifs is 1. The van der Waals surface area contributed by atoms with Gasteiger partial charge in [-0.15, -0.1) is 23.1 Å². The molecule has 0 radical (unpaired) electrons. The van der Waals surface area contributed by atoms with E-state index in [2.05, 4.69) is 20.6 Å². The van der Waals surface area contributed by atoms with Gasteiger partial charge in [0.15, 0.2) is 0 Å². The number of nitrogens with zero attached hydrogens (tertiary/aromatic N) is 1. The largest absolute Gasteiger partial charge is 0.335 e. The molecule has 7 nitrogen and oxygen atoms in total. The molecule has 3 amide bonds. The molecule has 136 valence electrons. The molecule has 2 aromatic heterocycles. The number of carbonyl (C=O) groups excluding carboxylic acids is 2. The number of hydrogen-bond acceptors (Lipinski definition) is 6. The predicted octanol–water partition coefficient (Wildman–Crippen LogP) is 2.46. The van der Waals surface area contributed by atoms with Gasteiger partial charge < -0.3 is 10.3 Å². The molecule has 0 aliphatic carbocycles. The smallest absolute Gasteiger partial charge is 0.321 e. The van der Waals surface area contributed by atoms with Gasteiger partial charge in [0.1, 0.15) is 10.7 Å². The van der Waals surface area contributed by atoms with Gasteiger partial charge in [-0.2, -0.15) is 0 Å². The van der Waals surface area contributed by atoms with Crippen molar-refractivity contribution in [3.8, 4) is 0 Å². The number of aromatic amines is 1. The van der Waals surface area contributed by atoms with Crippen molar-refractivity contribution in [2.45, 2.75) is 45.9 Å². The standard InChI is InChI=1S/C16H22N4O3S2/c1-5-8(2)17-16(23)20-12(21)7-24-6-11-18-14(22)13-9(3)10(4)25-15(13)19-11/h8H,5-7H2,1-4H3,(H,18,19,22)(H2,17,20,21,23)/t8-/m1/s1. The Kier molecular flexibility index (Phi) is 6.60. The van der Waals surface area contributed by atoms with Crippen LogP contribution < -0.4 is 16.2 Å². The minimum Gasteiger partial charge on any atom is -0.335 e. The Morgan fingerprint density at radius 1 is 1.36 bits per heavy atom. The van der Waals surface area contributed by atoms with Crippen LogP contribution in [0.15, 0.2) is 4.79 Å². The first-order valence-electron chi connectivity index (χ1n) is 7.98. The van der Waals surface area contributed by atoms with Gasteiger partial charge in [0, 0.05) is 10.9 Å². The molecule has 0 fully saturated rings. The number of hydrogen-bond donors (Lipinski definition) is 3. The van der Waals surface area contributed by atoms with E-state index in [4.69, 9.17) is 0 Å². The zero-order chi connectivity index (χ0) is 18.6. The molecule has 0 saturated heterocycles. The van der Waals surface area contributed by atoms with Gasteiger partial charge in [0.05, 0.1) is 16.9 Å². The summed E-state index contributed by atoms with van der Waals surface area (Å²) in [5.74, 6) is 0.650. The molecule has 2 aromatic rings. The molecule has 0 aromatic carbocycles. The lowest BCUT2D eigenvalue weighted by atomic mass is 10.2. The monoisotopic (exact) mass is 382 g/mol. The van der Waals surface area contributed by atoms with E-state index in [0.717, 1.165) is 16.9 Å². The van der Waals surface area contributed by atoms with Crippen LogP contribution in [0, 0.1) is 13.8 Å². The summed E-state index contributed by atoms with van der Waals surface area (Å²) >= 11 is 2.78. The number of urea groups is 1. The van der Waals surface area contributed by atoms with Gasteiger partial charge in [0.25, 0.3) is 5.56 Å². The van der Waals surface area contributed by atoms with Gasteiger partial charge >= 0.3 is 6.03 Å². The third kappa shape index (κ3) is 5.05. The Bertz CT molecular complexity index is 844. The maximum atomic E-state index is 12.2.